The van der Waals surface area contributed by atoms with Gasteiger partial charge in [0.1, 0.15) is 0 Å². The smallest absolute Gasteiger partial charge is 0.00168 e. The summed E-state index contributed by atoms with van der Waals surface area (Å²) in [5, 5.41) is 0.679. The van der Waals surface area contributed by atoms with Gasteiger partial charge in [0.2, 0.25) is 0 Å². The Kier molecular flexibility index (Phi) is 9.34. The van der Waals surface area contributed by atoms with Gasteiger partial charge in [-0.2, -0.15) is 12.6 Å². The first-order valence-electron chi connectivity index (χ1n) is 10.4. The van der Waals surface area contributed by atoms with Gasteiger partial charge in [0.25, 0.3) is 0 Å². The van der Waals surface area contributed by atoms with Crippen molar-refractivity contribution in [3.8, 4) is 0 Å². The molecule has 2 aliphatic carbocycles. The Morgan fingerprint density at radius 3 is 1.55 bits per heavy atom. The Morgan fingerprint density at radius 2 is 0.909 bits per heavy atom. The molecule has 0 aromatic heterocycles. The van der Waals surface area contributed by atoms with Crippen LogP contribution in [-0.2, 0) is 0 Å². The van der Waals surface area contributed by atoms with Crippen LogP contribution in [0, 0.1) is 17.8 Å². The van der Waals surface area contributed by atoms with Crippen LogP contribution < -0.4 is 0 Å². The quantitative estimate of drug-likeness (QED) is 0.476. The summed E-state index contributed by atoms with van der Waals surface area (Å²) in [5.41, 5.74) is 0. The summed E-state index contributed by atoms with van der Waals surface area (Å²) < 4.78 is 0. The molecule has 130 valence electrons. The zero-order valence-corrected chi connectivity index (χ0v) is 16.0. The summed E-state index contributed by atoms with van der Waals surface area (Å²) in [7, 11) is 0. The lowest BCUT2D eigenvalue weighted by atomic mass is 9.75. The minimum absolute atomic E-state index is 0.679. The van der Waals surface area contributed by atoms with Crippen LogP contribution >= 0.6 is 12.6 Å². The molecule has 0 aromatic carbocycles. The molecule has 0 saturated heterocycles. The van der Waals surface area contributed by atoms with E-state index in [0.29, 0.717) is 5.25 Å². The van der Waals surface area contributed by atoms with E-state index >= 15 is 0 Å². The molecule has 0 spiro atoms. The van der Waals surface area contributed by atoms with Crippen molar-refractivity contribution in [2.45, 2.75) is 115 Å². The molecule has 0 bridgehead atoms. The average molecular weight is 325 g/mol. The van der Waals surface area contributed by atoms with Gasteiger partial charge in [0.05, 0.1) is 0 Å². The SMILES string of the molecule is CC1CCCC(C2CCCCCCCC(S)CCC2)CCC1. The maximum Gasteiger partial charge on any atom is 0.00168 e. The lowest BCUT2D eigenvalue weighted by Crippen LogP contribution is -2.18. The third kappa shape index (κ3) is 7.28. The fourth-order valence-corrected chi connectivity index (χ4v) is 5.27. The molecule has 0 heterocycles. The van der Waals surface area contributed by atoms with Crippen molar-refractivity contribution in [1.82, 2.24) is 0 Å². The minimum Gasteiger partial charge on any atom is -0.176 e. The maximum absolute atomic E-state index is 4.82. The molecule has 0 radical (unpaired) electrons. The van der Waals surface area contributed by atoms with Crippen molar-refractivity contribution in [3.05, 3.63) is 0 Å². The molecule has 0 amide bonds. The van der Waals surface area contributed by atoms with E-state index in [4.69, 9.17) is 12.6 Å². The van der Waals surface area contributed by atoms with Crippen molar-refractivity contribution < 1.29 is 0 Å². The minimum atomic E-state index is 0.679. The van der Waals surface area contributed by atoms with Gasteiger partial charge in [-0.25, -0.2) is 0 Å². The molecule has 2 rings (SSSR count). The molecule has 2 saturated carbocycles. The molecule has 0 N–H and O–H groups in total. The van der Waals surface area contributed by atoms with Crippen molar-refractivity contribution in [2.75, 3.05) is 0 Å². The predicted octanol–water partition coefficient (Wildman–Crippen LogP) is 7.42. The summed E-state index contributed by atoms with van der Waals surface area (Å²) in [4.78, 5) is 0. The standard InChI is InChI=1S/C21H40S/c1-18-10-7-13-20(14-8-11-18)19-12-5-3-2-4-6-16-21(22)17-9-15-19/h18-22H,2-17H2,1H3. The van der Waals surface area contributed by atoms with Gasteiger partial charge in [-0.15, -0.1) is 0 Å². The normalized spacial score (nSPS) is 37.4. The molecule has 2 unspecified atom stereocenters. The monoisotopic (exact) mass is 324 g/mol. The van der Waals surface area contributed by atoms with E-state index in [1.807, 2.05) is 0 Å². The van der Waals surface area contributed by atoms with Gasteiger partial charge < -0.3 is 0 Å². The average Bonchev–Trinajstić information content (AvgIpc) is 2.46. The molecule has 2 fully saturated rings. The van der Waals surface area contributed by atoms with E-state index in [1.165, 1.54) is 103 Å². The Bertz CT molecular complexity index is 265. The van der Waals surface area contributed by atoms with Crippen LogP contribution in [0.4, 0.5) is 0 Å². The predicted molar refractivity (Wildman–Crippen MR) is 103 cm³/mol. The largest absolute Gasteiger partial charge is 0.176 e. The van der Waals surface area contributed by atoms with Crippen molar-refractivity contribution >= 4 is 12.6 Å². The number of rotatable bonds is 1. The summed E-state index contributed by atoms with van der Waals surface area (Å²) in [6.07, 6.45) is 23.5. The third-order valence-corrected chi connectivity index (χ3v) is 6.95. The number of hydrogen-bond acceptors (Lipinski definition) is 1. The number of thiol groups is 1. The molecule has 22 heavy (non-hydrogen) atoms. The van der Waals surface area contributed by atoms with Crippen LogP contribution in [0.25, 0.3) is 0 Å². The van der Waals surface area contributed by atoms with E-state index in [2.05, 4.69) is 6.92 Å². The van der Waals surface area contributed by atoms with Crippen molar-refractivity contribution in [1.29, 1.82) is 0 Å². The Labute approximate surface area is 145 Å². The van der Waals surface area contributed by atoms with Crippen LogP contribution in [0.3, 0.4) is 0 Å². The van der Waals surface area contributed by atoms with Gasteiger partial charge >= 0.3 is 0 Å². The highest BCUT2D eigenvalue weighted by Crippen LogP contribution is 2.36. The highest BCUT2D eigenvalue weighted by molar-refractivity contribution is 7.80. The Balaban J connectivity index is 1.84. The fourth-order valence-electron chi connectivity index (χ4n) is 4.91. The molecule has 1 heteroatoms. The van der Waals surface area contributed by atoms with Gasteiger partial charge in [-0.05, 0) is 30.6 Å². The Hall–Kier alpha value is 0.350. The van der Waals surface area contributed by atoms with E-state index in [1.54, 1.807) is 0 Å². The summed E-state index contributed by atoms with van der Waals surface area (Å²) >= 11 is 4.82. The Morgan fingerprint density at radius 1 is 0.500 bits per heavy atom. The van der Waals surface area contributed by atoms with E-state index in [-0.39, 0.29) is 0 Å². The molecular weight excluding hydrogens is 284 g/mol. The summed E-state index contributed by atoms with van der Waals surface area (Å²) in [6, 6.07) is 0. The second-order valence-electron chi connectivity index (χ2n) is 8.42. The van der Waals surface area contributed by atoms with Crippen LogP contribution in [0.1, 0.15) is 110 Å². The van der Waals surface area contributed by atoms with Gasteiger partial charge in [0, 0.05) is 5.25 Å². The zero-order chi connectivity index (χ0) is 15.6. The first-order valence-corrected chi connectivity index (χ1v) is 11.0. The summed E-state index contributed by atoms with van der Waals surface area (Å²) in [5.74, 6) is 3.07. The molecule has 0 aliphatic heterocycles. The van der Waals surface area contributed by atoms with Crippen molar-refractivity contribution in [3.63, 3.8) is 0 Å². The van der Waals surface area contributed by atoms with Crippen LogP contribution in [0.5, 0.6) is 0 Å². The second kappa shape index (κ2) is 11.0. The van der Waals surface area contributed by atoms with Crippen LogP contribution in [0.15, 0.2) is 0 Å². The molecule has 0 nitrogen and oxygen atoms in total. The van der Waals surface area contributed by atoms with E-state index in [9.17, 15) is 0 Å². The van der Waals surface area contributed by atoms with Gasteiger partial charge in [-0.3, -0.25) is 0 Å². The fraction of sp³-hybridized carbons (Fsp3) is 1.00. The highest BCUT2D eigenvalue weighted by Gasteiger charge is 2.23. The first kappa shape index (κ1) is 18.7. The van der Waals surface area contributed by atoms with E-state index < -0.39 is 0 Å². The molecule has 0 aromatic rings. The number of hydrogen-bond donors (Lipinski definition) is 1. The zero-order valence-electron chi connectivity index (χ0n) is 15.1. The highest BCUT2D eigenvalue weighted by atomic mass is 32.1. The van der Waals surface area contributed by atoms with E-state index in [0.717, 1.165) is 17.8 Å². The topological polar surface area (TPSA) is 0 Å². The molecular formula is C21H40S. The third-order valence-electron chi connectivity index (χ3n) is 6.43. The first-order chi connectivity index (χ1) is 10.8. The maximum atomic E-state index is 4.82. The second-order valence-corrected chi connectivity index (χ2v) is 9.15. The summed E-state index contributed by atoms with van der Waals surface area (Å²) in [6.45, 7) is 2.46. The molecule has 2 atom stereocenters. The van der Waals surface area contributed by atoms with Gasteiger partial charge in [0.15, 0.2) is 0 Å². The molecule has 2 aliphatic rings. The lowest BCUT2D eigenvalue weighted by Gasteiger charge is -2.31. The van der Waals surface area contributed by atoms with Crippen LogP contribution in [0.2, 0.25) is 0 Å². The van der Waals surface area contributed by atoms with Gasteiger partial charge in [-0.1, -0.05) is 96.8 Å². The van der Waals surface area contributed by atoms with Crippen molar-refractivity contribution in [2.24, 2.45) is 17.8 Å². The lowest BCUT2D eigenvalue weighted by molar-refractivity contribution is 0.215. The van der Waals surface area contributed by atoms with Crippen LogP contribution in [-0.4, -0.2) is 5.25 Å².